The van der Waals surface area contributed by atoms with Crippen LogP contribution in [0.4, 0.5) is 0 Å². The molecular formula is C26H22N2O2. The number of pyridine rings is 1. The molecule has 0 saturated heterocycles. The monoisotopic (exact) mass is 394 g/mol. The second kappa shape index (κ2) is 9.14. The number of nitrogens with zero attached hydrogens (tertiary/aromatic N) is 1. The Hall–Kier alpha value is -3.79. The zero-order valence-corrected chi connectivity index (χ0v) is 16.5. The number of nitrogens with one attached hydrogen (secondary N) is 1. The summed E-state index contributed by atoms with van der Waals surface area (Å²) in [7, 11) is 0. The van der Waals surface area contributed by atoms with Crippen molar-refractivity contribution in [2.24, 2.45) is 0 Å². The van der Waals surface area contributed by atoms with Crippen LogP contribution < -0.4 is 5.32 Å². The summed E-state index contributed by atoms with van der Waals surface area (Å²) < 4.78 is 0. The summed E-state index contributed by atoms with van der Waals surface area (Å²) in [5, 5.41) is 3.91. The molecule has 4 aromatic rings. The lowest BCUT2D eigenvalue weighted by Crippen LogP contribution is -2.43. The molecule has 30 heavy (non-hydrogen) atoms. The highest BCUT2D eigenvalue weighted by atomic mass is 16.2. The molecule has 0 fully saturated rings. The third-order valence-electron chi connectivity index (χ3n) is 5.11. The lowest BCUT2D eigenvalue weighted by atomic mass is 9.95. The molecule has 0 radical (unpaired) electrons. The van der Waals surface area contributed by atoms with Crippen LogP contribution in [-0.4, -0.2) is 22.7 Å². The molecule has 3 aromatic carbocycles. The first-order valence-corrected chi connectivity index (χ1v) is 9.96. The van der Waals surface area contributed by atoms with Gasteiger partial charge in [0.2, 0.25) is 0 Å². The van der Waals surface area contributed by atoms with Crippen LogP contribution in [0.3, 0.4) is 0 Å². The lowest BCUT2D eigenvalue weighted by Gasteiger charge is -2.19. The average molecular weight is 394 g/mol. The smallest absolute Gasteiger partial charge is 0.251 e. The first kappa shape index (κ1) is 19.5. The van der Waals surface area contributed by atoms with Gasteiger partial charge in [-0.2, -0.15) is 0 Å². The normalized spacial score (nSPS) is 11.7. The number of hydrogen-bond donors (Lipinski definition) is 1. The van der Waals surface area contributed by atoms with Gasteiger partial charge in [0.1, 0.15) is 0 Å². The SMILES string of the molecule is O=C(NC(Cc1ccccc1)C(=O)Cc1cccc2ncccc12)c1ccccc1. The van der Waals surface area contributed by atoms with E-state index in [2.05, 4.69) is 10.3 Å². The molecule has 1 heterocycles. The molecule has 4 heteroatoms. The minimum absolute atomic E-state index is 0.0283. The number of carbonyl (C=O) groups is 2. The fourth-order valence-corrected chi connectivity index (χ4v) is 3.56. The predicted molar refractivity (Wildman–Crippen MR) is 118 cm³/mol. The fourth-order valence-electron chi connectivity index (χ4n) is 3.56. The lowest BCUT2D eigenvalue weighted by molar-refractivity contribution is -0.120. The number of fused-ring (bicyclic) bond motifs is 1. The number of rotatable bonds is 7. The molecule has 4 nitrogen and oxygen atoms in total. The Balaban J connectivity index is 1.59. The summed E-state index contributed by atoms with van der Waals surface area (Å²) in [6.07, 6.45) is 2.42. The minimum atomic E-state index is -0.618. The van der Waals surface area contributed by atoms with E-state index in [0.717, 1.165) is 22.0 Å². The summed E-state index contributed by atoms with van der Waals surface area (Å²) >= 11 is 0. The molecule has 148 valence electrons. The summed E-state index contributed by atoms with van der Waals surface area (Å²) in [6, 6.07) is 27.7. The van der Waals surface area contributed by atoms with Crippen molar-refractivity contribution in [2.75, 3.05) is 0 Å². The van der Waals surface area contributed by atoms with Crippen LogP contribution in [0.15, 0.2) is 97.2 Å². The van der Waals surface area contributed by atoms with Crippen LogP contribution in [0.2, 0.25) is 0 Å². The van der Waals surface area contributed by atoms with Crippen LogP contribution >= 0.6 is 0 Å². The Bertz CT molecular complexity index is 1150. The fraction of sp³-hybridized carbons (Fsp3) is 0.115. The van der Waals surface area contributed by atoms with E-state index in [1.807, 2.05) is 78.9 Å². The van der Waals surface area contributed by atoms with Gasteiger partial charge in [-0.1, -0.05) is 66.7 Å². The Labute approximate surface area is 175 Å². The van der Waals surface area contributed by atoms with E-state index < -0.39 is 6.04 Å². The van der Waals surface area contributed by atoms with Gasteiger partial charge in [0.25, 0.3) is 5.91 Å². The number of benzene rings is 3. The third kappa shape index (κ3) is 4.61. The van der Waals surface area contributed by atoms with Crippen LogP contribution in [0.1, 0.15) is 21.5 Å². The van der Waals surface area contributed by atoms with Gasteiger partial charge in [0, 0.05) is 23.6 Å². The van der Waals surface area contributed by atoms with E-state index in [4.69, 9.17) is 0 Å². The van der Waals surface area contributed by atoms with E-state index >= 15 is 0 Å². The molecule has 0 bridgehead atoms. The molecule has 0 spiro atoms. The average Bonchev–Trinajstić information content (AvgIpc) is 2.80. The van der Waals surface area contributed by atoms with Crippen molar-refractivity contribution in [3.8, 4) is 0 Å². The Morgan fingerprint density at radius 2 is 1.53 bits per heavy atom. The highest BCUT2D eigenvalue weighted by molar-refractivity contribution is 5.99. The van der Waals surface area contributed by atoms with Gasteiger partial charge < -0.3 is 5.32 Å². The molecule has 1 aromatic heterocycles. The summed E-state index contributed by atoms with van der Waals surface area (Å²) in [4.78, 5) is 30.4. The highest BCUT2D eigenvalue weighted by Gasteiger charge is 2.22. The first-order valence-electron chi connectivity index (χ1n) is 9.96. The molecule has 0 aliphatic rings. The molecule has 1 unspecified atom stereocenters. The second-order valence-electron chi connectivity index (χ2n) is 7.21. The van der Waals surface area contributed by atoms with Crippen molar-refractivity contribution in [3.05, 3.63) is 114 Å². The van der Waals surface area contributed by atoms with Crippen LogP contribution in [0.5, 0.6) is 0 Å². The Kier molecular flexibility index (Phi) is 5.95. The van der Waals surface area contributed by atoms with Crippen molar-refractivity contribution in [1.29, 1.82) is 0 Å². The number of aromatic nitrogens is 1. The van der Waals surface area contributed by atoms with Gasteiger partial charge in [-0.15, -0.1) is 0 Å². The molecule has 0 aliphatic carbocycles. The number of Topliss-reactive ketones (excluding diaryl/α,β-unsaturated/α-hetero) is 1. The van der Waals surface area contributed by atoms with E-state index in [1.165, 1.54) is 0 Å². The quantitative estimate of drug-likeness (QED) is 0.506. The van der Waals surface area contributed by atoms with Gasteiger partial charge >= 0.3 is 0 Å². The number of hydrogen-bond acceptors (Lipinski definition) is 3. The largest absolute Gasteiger partial charge is 0.342 e. The summed E-state index contributed by atoms with van der Waals surface area (Å²) in [5.74, 6) is -0.274. The first-order chi connectivity index (χ1) is 14.7. The van der Waals surface area contributed by atoms with Crippen LogP contribution in [-0.2, 0) is 17.6 Å². The van der Waals surface area contributed by atoms with Gasteiger partial charge in [-0.05, 0) is 41.8 Å². The van der Waals surface area contributed by atoms with Gasteiger partial charge in [-0.25, -0.2) is 0 Å². The molecular weight excluding hydrogens is 372 g/mol. The van der Waals surface area contributed by atoms with Crippen molar-refractivity contribution < 1.29 is 9.59 Å². The maximum Gasteiger partial charge on any atom is 0.251 e. The van der Waals surface area contributed by atoms with E-state index in [0.29, 0.717) is 12.0 Å². The summed E-state index contributed by atoms with van der Waals surface area (Å²) in [5.41, 5.74) is 3.31. The zero-order chi connectivity index (χ0) is 20.8. The van der Waals surface area contributed by atoms with Crippen molar-refractivity contribution >= 4 is 22.6 Å². The molecule has 0 saturated carbocycles. The molecule has 0 aliphatic heterocycles. The standard InChI is InChI=1S/C26H22N2O2/c29-25(18-21-13-7-15-23-22(21)14-8-16-27-23)24(17-19-9-3-1-4-10-19)28-26(30)20-11-5-2-6-12-20/h1-16,24H,17-18H2,(H,28,30). The van der Waals surface area contributed by atoms with Crippen LogP contribution in [0.25, 0.3) is 10.9 Å². The summed E-state index contributed by atoms with van der Waals surface area (Å²) in [6.45, 7) is 0. The predicted octanol–water partition coefficient (Wildman–Crippen LogP) is 4.39. The Morgan fingerprint density at radius 3 is 2.30 bits per heavy atom. The number of ketones is 1. The number of carbonyl (C=O) groups excluding carboxylic acids is 2. The van der Waals surface area contributed by atoms with E-state index in [1.54, 1.807) is 18.3 Å². The topological polar surface area (TPSA) is 59.1 Å². The second-order valence-corrected chi connectivity index (χ2v) is 7.21. The number of amides is 1. The van der Waals surface area contributed by atoms with Crippen molar-refractivity contribution in [2.45, 2.75) is 18.9 Å². The zero-order valence-electron chi connectivity index (χ0n) is 16.5. The molecule has 4 rings (SSSR count). The highest BCUT2D eigenvalue weighted by Crippen LogP contribution is 2.18. The maximum absolute atomic E-state index is 13.3. The van der Waals surface area contributed by atoms with Crippen molar-refractivity contribution in [3.63, 3.8) is 0 Å². The van der Waals surface area contributed by atoms with Crippen LogP contribution in [0, 0.1) is 0 Å². The van der Waals surface area contributed by atoms with Gasteiger partial charge in [0.05, 0.1) is 11.6 Å². The Morgan fingerprint density at radius 1 is 0.800 bits per heavy atom. The molecule has 1 amide bonds. The maximum atomic E-state index is 13.3. The van der Waals surface area contributed by atoms with E-state index in [9.17, 15) is 9.59 Å². The van der Waals surface area contributed by atoms with Gasteiger partial charge in [0.15, 0.2) is 5.78 Å². The van der Waals surface area contributed by atoms with E-state index in [-0.39, 0.29) is 18.1 Å². The molecule has 1 atom stereocenters. The van der Waals surface area contributed by atoms with Gasteiger partial charge in [-0.3, -0.25) is 14.6 Å². The minimum Gasteiger partial charge on any atom is -0.342 e. The molecule has 1 N–H and O–H groups in total. The van der Waals surface area contributed by atoms with Crippen molar-refractivity contribution in [1.82, 2.24) is 10.3 Å². The third-order valence-corrected chi connectivity index (χ3v) is 5.11.